The number of hydrogen-bond acceptors (Lipinski definition) is 6. The van der Waals surface area contributed by atoms with Gasteiger partial charge in [0.05, 0.1) is 11.1 Å². The van der Waals surface area contributed by atoms with E-state index in [0.29, 0.717) is 34.8 Å². The van der Waals surface area contributed by atoms with Gasteiger partial charge in [-0.2, -0.15) is 0 Å². The summed E-state index contributed by atoms with van der Waals surface area (Å²) in [4.78, 5) is 47.1. The number of aromatic hydroxyl groups is 2. The zero-order chi connectivity index (χ0) is 24.2. The number of phenolic OH excluding ortho intramolecular Hbond substituents is 2. The van der Waals surface area contributed by atoms with E-state index in [1.54, 1.807) is 36.4 Å². The summed E-state index contributed by atoms with van der Waals surface area (Å²) >= 11 is 0. The maximum absolute atomic E-state index is 12.7. The van der Waals surface area contributed by atoms with Gasteiger partial charge in [-0.15, -0.1) is 0 Å². The van der Waals surface area contributed by atoms with Crippen LogP contribution in [0.15, 0.2) is 84.9 Å². The van der Waals surface area contributed by atoms with Gasteiger partial charge in [0.15, 0.2) is 12.6 Å². The van der Waals surface area contributed by atoms with E-state index in [4.69, 9.17) is 0 Å². The number of Topliss-reactive ketones (excluding diaryl/α,β-unsaturated/α-hetero) is 2. The van der Waals surface area contributed by atoms with Crippen molar-refractivity contribution in [1.82, 2.24) is 0 Å². The fourth-order valence-corrected chi connectivity index (χ4v) is 3.54. The Kier molecular flexibility index (Phi) is 6.14. The second-order valence-electron chi connectivity index (χ2n) is 7.60. The topological polar surface area (TPSA) is 109 Å². The van der Waals surface area contributed by atoms with Crippen LogP contribution in [0, 0.1) is 0 Å². The highest BCUT2D eigenvalue weighted by Gasteiger charge is 2.18. The molecule has 0 fully saturated rings. The Morgan fingerprint density at radius 3 is 1.12 bits per heavy atom. The van der Waals surface area contributed by atoms with Crippen LogP contribution >= 0.6 is 0 Å². The van der Waals surface area contributed by atoms with Gasteiger partial charge in [-0.05, 0) is 46.5 Å². The Morgan fingerprint density at radius 2 is 0.824 bits per heavy atom. The van der Waals surface area contributed by atoms with Crippen molar-refractivity contribution in [2.24, 2.45) is 0 Å². The van der Waals surface area contributed by atoms with Crippen LogP contribution in [-0.4, -0.2) is 34.4 Å². The van der Waals surface area contributed by atoms with Crippen LogP contribution in [0.4, 0.5) is 0 Å². The first-order valence-electron chi connectivity index (χ1n) is 10.3. The first-order valence-corrected chi connectivity index (χ1v) is 10.3. The highest BCUT2D eigenvalue weighted by Crippen LogP contribution is 2.28. The molecule has 0 unspecified atom stereocenters. The molecule has 0 saturated heterocycles. The van der Waals surface area contributed by atoms with Gasteiger partial charge in [-0.25, -0.2) is 0 Å². The van der Waals surface area contributed by atoms with Gasteiger partial charge in [-0.3, -0.25) is 19.2 Å². The molecule has 0 spiro atoms. The summed E-state index contributed by atoms with van der Waals surface area (Å²) in [5, 5.41) is 19.7. The molecule has 0 aliphatic heterocycles. The molecule has 4 aromatic carbocycles. The lowest BCUT2D eigenvalue weighted by atomic mass is 9.96. The monoisotopic (exact) mass is 450 g/mol. The second-order valence-corrected chi connectivity index (χ2v) is 7.60. The number of carbonyl (C=O) groups is 4. The second kappa shape index (κ2) is 9.34. The van der Waals surface area contributed by atoms with Gasteiger partial charge in [0.2, 0.25) is 11.6 Å². The van der Waals surface area contributed by atoms with Gasteiger partial charge in [-0.1, -0.05) is 60.7 Å². The molecular formula is C28H18O6. The van der Waals surface area contributed by atoms with Crippen LogP contribution in [0.5, 0.6) is 11.5 Å². The smallest absolute Gasteiger partial charge is 0.233 e. The molecule has 4 rings (SSSR count). The molecule has 0 heterocycles. The first kappa shape index (κ1) is 22.4. The summed E-state index contributed by atoms with van der Waals surface area (Å²) in [7, 11) is 0. The molecular weight excluding hydrogens is 432 g/mol. The molecule has 6 heteroatoms. The predicted molar refractivity (Wildman–Crippen MR) is 127 cm³/mol. The Bertz CT molecular complexity index is 1310. The molecule has 0 aliphatic carbocycles. The van der Waals surface area contributed by atoms with Crippen molar-refractivity contribution in [2.75, 3.05) is 0 Å². The lowest BCUT2D eigenvalue weighted by Crippen LogP contribution is -2.14. The maximum Gasteiger partial charge on any atom is 0.233 e. The largest absolute Gasteiger partial charge is 0.507 e. The van der Waals surface area contributed by atoms with Crippen molar-refractivity contribution in [1.29, 1.82) is 0 Å². The SMILES string of the molecule is O=Cc1ccc(-c2ccc(C(=O)C(=O)c3ccc(-c4ccc(C=O)c(O)c4)cc3)cc2)cc1O. The zero-order valence-corrected chi connectivity index (χ0v) is 17.8. The summed E-state index contributed by atoms with van der Waals surface area (Å²) in [6, 6.07) is 22.1. The number of carbonyl (C=O) groups excluding carboxylic acids is 4. The fraction of sp³-hybridized carbons (Fsp3) is 0. The molecule has 0 aromatic heterocycles. The molecule has 0 amide bonds. The van der Waals surface area contributed by atoms with E-state index in [-0.39, 0.29) is 33.8 Å². The molecule has 0 saturated carbocycles. The minimum absolute atomic E-state index is 0.138. The number of phenols is 2. The number of aldehydes is 2. The van der Waals surface area contributed by atoms with E-state index in [2.05, 4.69) is 0 Å². The fourth-order valence-electron chi connectivity index (χ4n) is 3.54. The van der Waals surface area contributed by atoms with Gasteiger partial charge < -0.3 is 10.2 Å². The lowest BCUT2D eigenvalue weighted by molar-refractivity contribution is 0.0817. The number of hydrogen-bond donors (Lipinski definition) is 2. The van der Waals surface area contributed by atoms with E-state index >= 15 is 0 Å². The maximum atomic E-state index is 12.7. The average Bonchev–Trinajstić information content (AvgIpc) is 2.88. The van der Waals surface area contributed by atoms with Gasteiger partial charge in [0, 0.05) is 11.1 Å². The van der Waals surface area contributed by atoms with Crippen molar-refractivity contribution in [3.63, 3.8) is 0 Å². The third-order valence-electron chi connectivity index (χ3n) is 5.48. The molecule has 0 bridgehead atoms. The summed E-state index contributed by atoms with van der Waals surface area (Å²) in [6.45, 7) is 0. The van der Waals surface area contributed by atoms with Crippen LogP contribution in [0.2, 0.25) is 0 Å². The molecule has 166 valence electrons. The van der Waals surface area contributed by atoms with Crippen LogP contribution in [0.3, 0.4) is 0 Å². The van der Waals surface area contributed by atoms with Crippen LogP contribution in [0.25, 0.3) is 22.3 Å². The Balaban J connectivity index is 1.51. The lowest BCUT2D eigenvalue weighted by Gasteiger charge is -2.07. The van der Waals surface area contributed by atoms with Crippen molar-refractivity contribution >= 4 is 24.1 Å². The summed E-state index contributed by atoms with van der Waals surface area (Å²) in [6.07, 6.45) is 1.12. The van der Waals surface area contributed by atoms with Gasteiger partial charge in [0.1, 0.15) is 11.5 Å². The van der Waals surface area contributed by atoms with E-state index in [1.807, 2.05) is 0 Å². The summed E-state index contributed by atoms with van der Waals surface area (Å²) < 4.78 is 0. The number of rotatable bonds is 7. The van der Waals surface area contributed by atoms with E-state index in [0.717, 1.165) is 0 Å². The van der Waals surface area contributed by atoms with Crippen molar-refractivity contribution in [3.05, 3.63) is 107 Å². The normalized spacial score (nSPS) is 10.5. The molecule has 2 N–H and O–H groups in total. The number of ketones is 2. The van der Waals surface area contributed by atoms with Crippen molar-refractivity contribution in [3.8, 4) is 33.8 Å². The third-order valence-corrected chi connectivity index (χ3v) is 5.48. The molecule has 0 atom stereocenters. The molecule has 0 aliphatic rings. The highest BCUT2D eigenvalue weighted by atomic mass is 16.3. The molecule has 4 aromatic rings. The minimum atomic E-state index is -0.661. The highest BCUT2D eigenvalue weighted by molar-refractivity contribution is 6.49. The quantitative estimate of drug-likeness (QED) is 0.230. The minimum Gasteiger partial charge on any atom is -0.507 e. The number of benzene rings is 4. The zero-order valence-electron chi connectivity index (χ0n) is 17.8. The molecule has 0 radical (unpaired) electrons. The first-order chi connectivity index (χ1) is 16.4. The summed E-state index contributed by atoms with van der Waals surface area (Å²) in [5.74, 6) is -1.60. The third kappa shape index (κ3) is 4.38. The van der Waals surface area contributed by atoms with Gasteiger partial charge in [0.25, 0.3) is 0 Å². The van der Waals surface area contributed by atoms with Crippen LogP contribution < -0.4 is 0 Å². The van der Waals surface area contributed by atoms with E-state index in [1.165, 1.54) is 48.5 Å². The Hall–Kier alpha value is -4.84. The predicted octanol–water partition coefficient (Wildman–Crippen LogP) is 5.12. The van der Waals surface area contributed by atoms with E-state index in [9.17, 15) is 29.4 Å². The van der Waals surface area contributed by atoms with E-state index < -0.39 is 11.6 Å². The molecule has 6 nitrogen and oxygen atoms in total. The standard InChI is InChI=1S/C28H18O6/c29-15-23-11-9-21(13-25(23)31)17-1-5-19(6-2-17)27(33)28(34)20-7-3-18(4-8-20)22-10-12-24(16-30)26(32)14-22/h1-16,31-32H. The van der Waals surface area contributed by atoms with Crippen molar-refractivity contribution < 1.29 is 29.4 Å². The summed E-state index contributed by atoms with van der Waals surface area (Å²) in [5.41, 5.74) is 3.56. The average molecular weight is 450 g/mol. The van der Waals surface area contributed by atoms with Crippen LogP contribution in [0.1, 0.15) is 41.4 Å². The Morgan fingerprint density at radius 1 is 0.500 bits per heavy atom. The molecule has 34 heavy (non-hydrogen) atoms. The van der Waals surface area contributed by atoms with Crippen molar-refractivity contribution in [2.45, 2.75) is 0 Å². The van der Waals surface area contributed by atoms with Gasteiger partial charge >= 0.3 is 0 Å². The van der Waals surface area contributed by atoms with Crippen LogP contribution in [-0.2, 0) is 0 Å². The Labute approximate surface area is 194 Å².